The second-order valence-corrected chi connectivity index (χ2v) is 3.79. The fraction of sp³-hybridized carbons (Fsp3) is 0.417. The van der Waals surface area contributed by atoms with E-state index in [2.05, 4.69) is 12.2 Å². The third-order valence-electron chi connectivity index (χ3n) is 2.77. The molecule has 0 aromatic heterocycles. The summed E-state index contributed by atoms with van der Waals surface area (Å²) in [6, 6.07) is 10.4. The van der Waals surface area contributed by atoms with Gasteiger partial charge in [-0.05, 0) is 12.0 Å². The monoisotopic (exact) mass is 189 g/mol. The molecule has 2 unspecified atom stereocenters. The normalized spacial score (nSPS) is 25.4. The van der Waals surface area contributed by atoms with E-state index in [1.54, 1.807) is 0 Å². The average molecular weight is 189 g/mol. The van der Waals surface area contributed by atoms with E-state index < -0.39 is 0 Å². The maximum absolute atomic E-state index is 11.4. The molecule has 1 saturated heterocycles. The molecule has 1 aromatic rings. The maximum atomic E-state index is 11.4. The van der Waals surface area contributed by atoms with E-state index in [1.807, 2.05) is 30.3 Å². The minimum atomic E-state index is 0.0937. The highest BCUT2D eigenvalue weighted by molar-refractivity contribution is 5.90. The van der Waals surface area contributed by atoms with Crippen LogP contribution in [0.15, 0.2) is 30.3 Å². The number of hydrogen-bond acceptors (Lipinski definition) is 1. The van der Waals surface area contributed by atoms with E-state index in [9.17, 15) is 4.79 Å². The Hall–Kier alpha value is -1.31. The molecule has 1 fully saturated rings. The van der Waals surface area contributed by atoms with Gasteiger partial charge in [-0.1, -0.05) is 43.7 Å². The first-order valence-corrected chi connectivity index (χ1v) is 5.18. The molecule has 1 aliphatic rings. The Morgan fingerprint density at radius 2 is 2.00 bits per heavy atom. The molecule has 2 atom stereocenters. The molecule has 0 saturated carbocycles. The van der Waals surface area contributed by atoms with E-state index in [0.29, 0.717) is 6.04 Å². The number of benzene rings is 1. The van der Waals surface area contributed by atoms with Gasteiger partial charge in [-0.25, -0.2) is 0 Å². The first kappa shape index (κ1) is 9.25. The molecule has 0 bridgehead atoms. The first-order chi connectivity index (χ1) is 6.83. The fourth-order valence-corrected chi connectivity index (χ4v) is 2.04. The highest BCUT2D eigenvalue weighted by Crippen LogP contribution is 2.29. The van der Waals surface area contributed by atoms with Gasteiger partial charge in [0.2, 0.25) is 5.91 Å². The summed E-state index contributed by atoms with van der Waals surface area (Å²) in [7, 11) is 0. The second kappa shape index (κ2) is 3.82. The minimum Gasteiger partial charge on any atom is -0.352 e. The molecule has 2 heteroatoms. The predicted octanol–water partition coefficient (Wildman–Crippen LogP) is 2.07. The summed E-state index contributed by atoms with van der Waals surface area (Å²) in [5, 5.41) is 2.95. The SMILES string of the molecule is CCCC1NC(=O)C1c1ccccc1. The van der Waals surface area contributed by atoms with Crippen LogP contribution in [0.5, 0.6) is 0 Å². The Bertz CT molecular complexity index is 320. The Morgan fingerprint density at radius 1 is 1.29 bits per heavy atom. The van der Waals surface area contributed by atoms with Gasteiger partial charge in [0.15, 0.2) is 0 Å². The number of carbonyl (C=O) groups excluding carboxylic acids is 1. The van der Waals surface area contributed by atoms with Crippen molar-refractivity contribution in [2.24, 2.45) is 0 Å². The van der Waals surface area contributed by atoms with Gasteiger partial charge in [-0.2, -0.15) is 0 Å². The highest BCUT2D eigenvalue weighted by atomic mass is 16.2. The lowest BCUT2D eigenvalue weighted by molar-refractivity contribution is -0.130. The zero-order valence-corrected chi connectivity index (χ0v) is 8.36. The summed E-state index contributed by atoms with van der Waals surface area (Å²) >= 11 is 0. The Balaban J connectivity index is 2.13. The largest absolute Gasteiger partial charge is 0.352 e. The van der Waals surface area contributed by atoms with E-state index in [0.717, 1.165) is 18.4 Å². The smallest absolute Gasteiger partial charge is 0.229 e. The summed E-state index contributed by atoms with van der Waals surface area (Å²) in [6.45, 7) is 2.15. The molecule has 1 N–H and O–H groups in total. The van der Waals surface area contributed by atoms with Crippen LogP contribution in [0.25, 0.3) is 0 Å². The number of rotatable bonds is 3. The lowest BCUT2D eigenvalue weighted by atomic mass is 9.82. The Morgan fingerprint density at radius 3 is 2.57 bits per heavy atom. The van der Waals surface area contributed by atoms with Gasteiger partial charge in [0.1, 0.15) is 0 Å². The Labute approximate surface area is 84.3 Å². The van der Waals surface area contributed by atoms with Crippen molar-refractivity contribution in [2.75, 3.05) is 0 Å². The number of carbonyl (C=O) groups is 1. The molecule has 74 valence electrons. The van der Waals surface area contributed by atoms with E-state index in [4.69, 9.17) is 0 Å². The molecule has 2 rings (SSSR count). The van der Waals surface area contributed by atoms with Crippen molar-refractivity contribution < 1.29 is 4.79 Å². The first-order valence-electron chi connectivity index (χ1n) is 5.18. The molecule has 0 spiro atoms. The van der Waals surface area contributed by atoms with Gasteiger partial charge >= 0.3 is 0 Å². The van der Waals surface area contributed by atoms with E-state index in [1.165, 1.54) is 0 Å². The van der Waals surface area contributed by atoms with Crippen molar-refractivity contribution in [1.82, 2.24) is 5.32 Å². The van der Waals surface area contributed by atoms with Crippen molar-refractivity contribution in [3.8, 4) is 0 Å². The van der Waals surface area contributed by atoms with Gasteiger partial charge in [-0.3, -0.25) is 4.79 Å². The molecule has 2 nitrogen and oxygen atoms in total. The summed E-state index contributed by atoms with van der Waals surface area (Å²) < 4.78 is 0. The molecule has 14 heavy (non-hydrogen) atoms. The van der Waals surface area contributed by atoms with Gasteiger partial charge in [0.25, 0.3) is 0 Å². The topological polar surface area (TPSA) is 29.1 Å². The summed E-state index contributed by atoms with van der Waals surface area (Å²) in [6.07, 6.45) is 2.19. The molecule has 0 radical (unpaired) electrons. The molecular weight excluding hydrogens is 174 g/mol. The summed E-state index contributed by atoms with van der Waals surface area (Å²) in [4.78, 5) is 11.4. The third-order valence-corrected chi connectivity index (χ3v) is 2.77. The standard InChI is InChI=1S/C12H15NO/c1-2-6-10-11(12(14)13-10)9-7-4-3-5-8-9/h3-5,7-8,10-11H,2,6H2,1H3,(H,13,14). The van der Waals surface area contributed by atoms with Gasteiger partial charge in [-0.15, -0.1) is 0 Å². The van der Waals surface area contributed by atoms with Crippen LogP contribution in [0.2, 0.25) is 0 Å². The predicted molar refractivity (Wildman–Crippen MR) is 56.0 cm³/mol. The molecule has 0 aliphatic carbocycles. The lowest BCUT2D eigenvalue weighted by Gasteiger charge is -2.37. The van der Waals surface area contributed by atoms with Gasteiger partial charge < -0.3 is 5.32 Å². The second-order valence-electron chi connectivity index (χ2n) is 3.79. The van der Waals surface area contributed by atoms with Crippen molar-refractivity contribution in [1.29, 1.82) is 0 Å². The number of hydrogen-bond donors (Lipinski definition) is 1. The van der Waals surface area contributed by atoms with Crippen LogP contribution in [0.4, 0.5) is 0 Å². The molecule has 1 aromatic carbocycles. The fourth-order valence-electron chi connectivity index (χ4n) is 2.04. The van der Waals surface area contributed by atoms with Gasteiger partial charge in [0.05, 0.1) is 5.92 Å². The minimum absolute atomic E-state index is 0.0937. The number of amides is 1. The van der Waals surface area contributed by atoms with Crippen LogP contribution in [-0.4, -0.2) is 11.9 Å². The van der Waals surface area contributed by atoms with Crippen molar-refractivity contribution in [3.63, 3.8) is 0 Å². The van der Waals surface area contributed by atoms with E-state index >= 15 is 0 Å². The molecule has 1 aliphatic heterocycles. The average Bonchev–Trinajstić information content (AvgIpc) is 2.19. The zero-order valence-electron chi connectivity index (χ0n) is 8.36. The molecule has 1 amide bonds. The molecular formula is C12H15NO. The van der Waals surface area contributed by atoms with Crippen LogP contribution in [0.1, 0.15) is 31.2 Å². The number of nitrogens with one attached hydrogen (secondary N) is 1. The van der Waals surface area contributed by atoms with Crippen molar-refractivity contribution in [2.45, 2.75) is 31.7 Å². The van der Waals surface area contributed by atoms with Crippen LogP contribution in [0.3, 0.4) is 0 Å². The highest BCUT2D eigenvalue weighted by Gasteiger charge is 2.39. The van der Waals surface area contributed by atoms with Crippen LogP contribution in [0, 0.1) is 0 Å². The quantitative estimate of drug-likeness (QED) is 0.724. The third kappa shape index (κ3) is 1.52. The van der Waals surface area contributed by atoms with Crippen molar-refractivity contribution in [3.05, 3.63) is 35.9 Å². The summed E-state index contributed by atoms with van der Waals surface area (Å²) in [5.41, 5.74) is 1.15. The maximum Gasteiger partial charge on any atom is 0.229 e. The lowest BCUT2D eigenvalue weighted by Crippen LogP contribution is -2.56. The van der Waals surface area contributed by atoms with Crippen LogP contribution >= 0.6 is 0 Å². The molecule has 1 heterocycles. The van der Waals surface area contributed by atoms with Gasteiger partial charge in [0, 0.05) is 6.04 Å². The van der Waals surface area contributed by atoms with E-state index in [-0.39, 0.29) is 11.8 Å². The zero-order chi connectivity index (χ0) is 9.97. The Kier molecular flexibility index (Phi) is 2.53. The summed E-state index contributed by atoms with van der Waals surface area (Å²) in [5.74, 6) is 0.269. The van der Waals surface area contributed by atoms with Crippen LogP contribution < -0.4 is 5.32 Å². The number of β-lactam (4-membered cyclic amide) rings is 1. The van der Waals surface area contributed by atoms with Crippen molar-refractivity contribution >= 4 is 5.91 Å². The van der Waals surface area contributed by atoms with Crippen LogP contribution in [-0.2, 0) is 4.79 Å².